The molecule has 9 rings (SSSR count). The molecule has 0 saturated heterocycles. The van der Waals surface area contributed by atoms with Crippen molar-refractivity contribution in [1.29, 1.82) is 0 Å². The van der Waals surface area contributed by atoms with Crippen molar-refractivity contribution in [1.82, 2.24) is 0 Å². The average Bonchev–Trinajstić information content (AvgIpc) is 3.03. The smallest absolute Gasteiger partial charge is 0.247 e. The molecule has 6 aromatic carbocycles. The van der Waals surface area contributed by atoms with E-state index in [-0.39, 0.29) is 6.71 Å². The molecule has 0 bridgehead atoms. The third-order valence-corrected chi connectivity index (χ3v) is 11.3. The monoisotopic (exact) mass is 600 g/mol. The lowest BCUT2D eigenvalue weighted by atomic mass is 9.34. The number of anilines is 6. The molecule has 44 heavy (non-hydrogen) atoms. The summed E-state index contributed by atoms with van der Waals surface area (Å²) in [6.07, 6.45) is 0. The van der Waals surface area contributed by atoms with Gasteiger partial charge in [0.25, 0.3) is 0 Å². The van der Waals surface area contributed by atoms with Gasteiger partial charge in [0.15, 0.2) is 0 Å². The van der Waals surface area contributed by atoms with E-state index in [1.54, 1.807) is 0 Å². The van der Waals surface area contributed by atoms with E-state index in [2.05, 4.69) is 152 Å². The molecular formula is C39H29BN2S2. The Bertz CT molecular complexity index is 1990. The van der Waals surface area contributed by atoms with Gasteiger partial charge in [0.2, 0.25) is 6.71 Å². The van der Waals surface area contributed by atoms with Crippen molar-refractivity contribution >= 4 is 80.7 Å². The summed E-state index contributed by atoms with van der Waals surface area (Å²) < 4.78 is 0. The lowest BCUT2D eigenvalue weighted by Crippen LogP contribution is -2.59. The molecule has 210 valence electrons. The molecule has 6 aromatic rings. The Kier molecular flexibility index (Phi) is 5.85. The maximum atomic E-state index is 2.60. The van der Waals surface area contributed by atoms with Gasteiger partial charge < -0.3 is 9.80 Å². The number of para-hydroxylation sites is 4. The number of aryl methyl sites for hydroxylation is 3. The highest BCUT2D eigenvalue weighted by atomic mass is 32.2. The summed E-state index contributed by atoms with van der Waals surface area (Å²) in [6, 6.07) is 44.8. The molecule has 0 radical (unpaired) electrons. The van der Waals surface area contributed by atoms with Gasteiger partial charge in [-0.3, -0.25) is 0 Å². The first-order chi connectivity index (χ1) is 21.6. The van der Waals surface area contributed by atoms with Gasteiger partial charge in [-0.2, -0.15) is 0 Å². The second-order valence-corrected chi connectivity index (χ2v) is 14.1. The van der Waals surface area contributed by atoms with E-state index < -0.39 is 0 Å². The lowest BCUT2D eigenvalue weighted by Gasteiger charge is -2.45. The highest BCUT2D eigenvalue weighted by Crippen LogP contribution is 2.61. The summed E-state index contributed by atoms with van der Waals surface area (Å²) >= 11 is 3.83. The van der Waals surface area contributed by atoms with Crippen LogP contribution < -0.4 is 26.2 Å². The van der Waals surface area contributed by atoms with Crippen molar-refractivity contribution in [2.24, 2.45) is 0 Å². The Morgan fingerprint density at radius 2 is 1.00 bits per heavy atom. The van der Waals surface area contributed by atoms with Gasteiger partial charge in [-0.25, -0.2) is 0 Å². The van der Waals surface area contributed by atoms with Gasteiger partial charge in [-0.15, -0.1) is 0 Å². The number of hydrogen-bond acceptors (Lipinski definition) is 4. The maximum absolute atomic E-state index is 2.60. The van der Waals surface area contributed by atoms with Crippen LogP contribution in [-0.4, -0.2) is 6.71 Å². The van der Waals surface area contributed by atoms with Crippen LogP contribution in [0, 0.1) is 20.8 Å². The van der Waals surface area contributed by atoms with E-state index in [4.69, 9.17) is 0 Å². The van der Waals surface area contributed by atoms with Crippen molar-refractivity contribution in [2.45, 2.75) is 40.4 Å². The van der Waals surface area contributed by atoms with Gasteiger partial charge in [0.05, 0.1) is 17.1 Å². The minimum absolute atomic E-state index is 0.201. The maximum Gasteiger partial charge on any atom is 0.247 e. The summed E-state index contributed by atoms with van der Waals surface area (Å²) in [6.45, 7) is 6.98. The average molecular weight is 601 g/mol. The van der Waals surface area contributed by atoms with Gasteiger partial charge in [-0.05, 0) is 80.2 Å². The van der Waals surface area contributed by atoms with E-state index in [9.17, 15) is 0 Å². The fraction of sp³-hybridized carbons (Fsp3) is 0.0769. The van der Waals surface area contributed by atoms with Crippen LogP contribution in [0.25, 0.3) is 0 Å². The molecule has 3 aliphatic heterocycles. The Hall–Kier alpha value is -4.32. The Labute approximate surface area is 267 Å². The first-order valence-corrected chi connectivity index (χ1v) is 16.8. The summed E-state index contributed by atoms with van der Waals surface area (Å²) in [5.41, 5.74) is 15.8. The molecule has 5 heteroatoms. The molecule has 0 saturated carbocycles. The van der Waals surface area contributed by atoms with E-state index in [0.717, 1.165) is 11.4 Å². The fourth-order valence-electron chi connectivity index (χ4n) is 7.56. The standard InChI is InChI=1S/C39H29BN2S2/c1-24-20-25(2)36(26(3)21-24)40-30-16-10-18-32-37(30)42-38-31(40)17-11-19-33(38)44-35-23-29(22-34(43-32)39(35)42)41(27-12-6-4-7-13-27)28-14-8-5-9-15-28/h4-23H,1-3H3. The van der Waals surface area contributed by atoms with E-state index >= 15 is 0 Å². The van der Waals surface area contributed by atoms with Crippen LogP contribution in [0.2, 0.25) is 0 Å². The summed E-state index contributed by atoms with van der Waals surface area (Å²) in [5.74, 6) is 0. The van der Waals surface area contributed by atoms with Crippen molar-refractivity contribution in [3.8, 4) is 0 Å². The molecule has 0 amide bonds. The quantitative estimate of drug-likeness (QED) is 0.186. The first kappa shape index (κ1) is 26.1. The highest BCUT2D eigenvalue weighted by Gasteiger charge is 2.44. The van der Waals surface area contributed by atoms with Gasteiger partial charge in [0.1, 0.15) is 0 Å². The number of nitrogens with zero attached hydrogens (tertiary/aromatic N) is 2. The molecule has 0 aromatic heterocycles. The molecule has 0 fully saturated rings. The number of rotatable bonds is 4. The van der Waals surface area contributed by atoms with Crippen LogP contribution in [0.3, 0.4) is 0 Å². The molecule has 3 aliphatic rings. The normalized spacial score (nSPS) is 13.5. The predicted octanol–water partition coefficient (Wildman–Crippen LogP) is 9.31. The molecule has 0 N–H and O–H groups in total. The van der Waals surface area contributed by atoms with Crippen molar-refractivity contribution in [3.63, 3.8) is 0 Å². The van der Waals surface area contributed by atoms with Crippen LogP contribution in [0.4, 0.5) is 34.1 Å². The van der Waals surface area contributed by atoms with Crippen molar-refractivity contribution in [2.75, 3.05) is 9.80 Å². The summed E-state index contributed by atoms with van der Waals surface area (Å²) in [7, 11) is 0. The summed E-state index contributed by atoms with van der Waals surface area (Å²) in [4.78, 5) is 10.2. The molecule has 0 aliphatic carbocycles. The van der Waals surface area contributed by atoms with Crippen LogP contribution in [-0.2, 0) is 0 Å². The predicted molar refractivity (Wildman–Crippen MR) is 189 cm³/mol. The zero-order chi connectivity index (χ0) is 29.5. The Balaban J connectivity index is 1.28. The van der Waals surface area contributed by atoms with Gasteiger partial charge in [-0.1, -0.05) is 118 Å². The molecule has 0 unspecified atom stereocenters. The number of hydrogen-bond donors (Lipinski definition) is 0. The molecular weight excluding hydrogens is 571 g/mol. The Morgan fingerprint density at radius 3 is 1.50 bits per heavy atom. The SMILES string of the molecule is Cc1cc(C)c(B2c3cccc4c3N3c5c(cc(N(c6ccccc6)c6ccccc6)cc5Sc5cccc2c53)S4)c(C)c1. The largest absolute Gasteiger partial charge is 0.310 e. The van der Waals surface area contributed by atoms with E-state index in [0.29, 0.717) is 0 Å². The number of benzene rings is 6. The van der Waals surface area contributed by atoms with E-state index in [1.807, 2.05) is 23.5 Å². The first-order valence-electron chi connectivity index (χ1n) is 15.1. The molecule has 0 atom stereocenters. The zero-order valence-corrected chi connectivity index (χ0v) is 26.5. The Morgan fingerprint density at radius 1 is 0.500 bits per heavy atom. The second kappa shape index (κ2) is 9.85. The third-order valence-electron chi connectivity index (χ3n) is 9.13. The second-order valence-electron chi connectivity index (χ2n) is 12.0. The highest BCUT2D eigenvalue weighted by molar-refractivity contribution is 8.00. The van der Waals surface area contributed by atoms with E-state index in [1.165, 1.54) is 75.4 Å². The zero-order valence-electron chi connectivity index (χ0n) is 24.8. The van der Waals surface area contributed by atoms with Crippen LogP contribution in [0.1, 0.15) is 16.7 Å². The van der Waals surface area contributed by atoms with Crippen molar-refractivity contribution < 1.29 is 0 Å². The third kappa shape index (κ3) is 3.79. The minimum atomic E-state index is 0.201. The van der Waals surface area contributed by atoms with Crippen LogP contribution in [0.5, 0.6) is 0 Å². The fourth-order valence-corrected chi connectivity index (χ4v) is 9.96. The lowest BCUT2D eigenvalue weighted by molar-refractivity contribution is 1.08. The van der Waals surface area contributed by atoms with Gasteiger partial charge in [0, 0.05) is 36.6 Å². The minimum Gasteiger partial charge on any atom is -0.310 e. The molecule has 0 spiro atoms. The van der Waals surface area contributed by atoms with Crippen LogP contribution >= 0.6 is 23.5 Å². The van der Waals surface area contributed by atoms with Crippen molar-refractivity contribution in [3.05, 3.63) is 138 Å². The molecule has 2 nitrogen and oxygen atoms in total. The summed E-state index contributed by atoms with van der Waals surface area (Å²) in [5, 5.41) is 0. The topological polar surface area (TPSA) is 6.48 Å². The van der Waals surface area contributed by atoms with Crippen LogP contribution in [0.15, 0.2) is 141 Å². The van der Waals surface area contributed by atoms with Gasteiger partial charge >= 0.3 is 0 Å². The molecule has 3 heterocycles.